The molecule has 1 aromatic heterocycles. The van der Waals surface area contributed by atoms with E-state index < -0.39 is 15.8 Å². The molecule has 0 fully saturated rings. The molecule has 1 heterocycles. The second kappa shape index (κ2) is 8.57. The molecule has 0 radical (unpaired) electrons. The van der Waals surface area contributed by atoms with Gasteiger partial charge in [-0.1, -0.05) is 17.3 Å². The Labute approximate surface area is 178 Å². The van der Waals surface area contributed by atoms with Crippen LogP contribution in [0.15, 0.2) is 82.2 Å². The molecule has 158 valence electrons. The fourth-order valence-electron chi connectivity index (χ4n) is 2.80. The zero-order chi connectivity index (χ0) is 21.8. The monoisotopic (exact) mass is 439 g/mol. The molecule has 7 nitrogen and oxygen atoms in total. The van der Waals surface area contributed by atoms with Crippen LogP contribution in [0.1, 0.15) is 11.5 Å². The van der Waals surface area contributed by atoms with Crippen LogP contribution >= 0.6 is 0 Å². The van der Waals surface area contributed by atoms with Gasteiger partial charge in [0, 0.05) is 11.3 Å². The fraction of sp³-hybridized carbons (Fsp3) is 0.0909. The first-order valence-electron chi connectivity index (χ1n) is 9.30. The van der Waals surface area contributed by atoms with Crippen LogP contribution in [-0.4, -0.2) is 18.6 Å². The van der Waals surface area contributed by atoms with E-state index in [0.717, 1.165) is 17.7 Å². The summed E-state index contributed by atoms with van der Waals surface area (Å²) in [5.41, 5.74) is 2.08. The lowest BCUT2D eigenvalue weighted by molar-refractivity contribution is 0.243. The van der Waals surface area contributed by atoms with Crippen molar-refractivity contribution in [3.05, 3.63) is 90.1 Å². The number of hydrogen-bond acceptors (Lipinski definition) is 6. The van der Waals surface area contributed by atoms with Gasteiger partial charge in [0.25, 0.3) is 15.9 Å². The summed E-state index contributed by atoms with van der Waals surface area (Å²) in [6, 6.07) is 18.7. The summed E-state index contributed by atoms with van der Waals surface area (Å²) in [5, 5.41) is 3.94. The number of ether oxygens (including phenoxy) is 1. The summed E-state index contributed by atoms with van der Waals surface area (Å²) >= 11 is 0. The van der Waals surface area contributed by atoms with E-state index in [1.807, 2.05) is 31.2 Å². The molecular formula is C22H18FN3O4S. The SMILES string of the molecule is Cc1cccc(OCc2nc(-c3ccc(NS(=O)(=O)c4ccc(F)cc4)cc3)no2)c1. The minimum atomic E-state index is -3.82. The number of nitrogens with zero attached hydrogens (tertiary/aromatic N) is 2. The smallest absolute Gasteiger partial charge is 0.264 e. The maximum absolute atomic E-state index is 13.0. The normalized spacial score (nSPS) is 11.3. The largest absolute Gasteiger partial charge is 0.484 e. The molecule has 3 aromatic carbocycles. The number of rotatable bonds is 7. The van der Waals surface area contributed by atoms with Gasteiger partial charge in [0.05, 0.1) is 4.90 Å². The van der Waals surface area contributed by atoms with Crippen molar-refractivity contribution in [2.24, 2.45) is 0 Å². The van der Waals surface area contributed by atoms with Gasteiger partial charge >= 0.3 is 0 Å². The number of aromatic nitrogens is 2. The van der Waals surface area contributed by atoms with Crippen molar-refractivity contribution in [1.29, 1.82) is 0 Å². The van der Waals surface area contributed by atoms with Crippen LogP contribution in [0.2, 0.25) is 0 Å². The molecule has 0 atom stereocenters. The fourth-order valence-corrected chi connectivity index (χ4v) is 3.85. The van der Waals surface area contributed by atoms with Gasteiger partial charge in [0.1, 0.15) is 11.6 Å². The van der Waals surface area contributed by atoms with E-state index >= 15 is 0 Å². The maximum atomic E-state index is 13.0. The molecule has 1 N–H and O–H groups in total. The predicted molar refractivity (Wildman–Crippen MR) is 112 cm³/mol. The van der Waals surface area contributed by atoms with E-state index in [1.165, 1.54) is 12.1 Å². The second-order valence-corrected chi connectivity index (χ2v) is 8.44. The molecule has 0 saturated carbocycles. The highest BCUT2D eigenvalue weighted by molar-refractivity contribution is 7.92. The minimum Gasteiger partial charge on any atom is -0.484 e. The first-order valence-corrected chi connectivity index (χ1v) is 10.8. The van der Waals surface area contributed by atoms with E-state index in [1.54, 1.807) is 24.3 Å². The number of nitrogens with one attached hydrogen (secondary N) is 1. The third-order valence-electron chi connectivity index (χ3n) is 4.34. The summed E-state index contributed by atoms with van der Waals surface area (Å²) in [6.45, 7) is 2.10. The van der Waals surface area contributed by atoms with Crippen LogP contribution in [0.25, 0.3) is 11.4 Å². The van der Waals surface area contributed by atoms with Gasteiger partial charge in [-0.3, -0.25) is 4.72 Å². The first-order chi connectivity index (χ1) is 14.9. The van der Waals surface area contributed by atoms with E-state index in [9.17, 15) is 12.8 Å². The third-order valence-corrected chi connectivity index (χ3v) is 5.74. The molecular weight excluding hydrogens is 421 g/mol. The van der Waals surface area contributed by atoms with E-state index in [-0.39, 0.29) is 11.5 Å². The molecule has 31 heavy (non-hydrogen) atoms. The Hall–Kier alpha value is -3.72. The standard InChI is InChI=1S/C22H18FN3O4S/c1-15-3-2-4-19(13-15)29-14-21-24-22(25-30-21)16-5-9-18(10-6-16)26-31(27,28)20-11-7-17(23)8-12-20/h2-13,26H,14H2,1H3. The third kappa shape index (κ3) is 5.07. The average Bonchev–Trinajstić information content (AvgIpc) is 3.22. The Kier molecular flexibility index (Phi) is 5.68. The molecule has 0 bridgehead atoms. The molecule has 4 aromatic rings. The molecule has 0 saturated heterocycles. The number of hydrogen-bond donors (Lipinski definition) is 1. The Morgan fingerprint density at radius 3 is 2.48 bits per heavy atom. The molecule has 0 unspecified atom stereocenters. The van der Waals surface area contributed by atoms with Crippen molar-refractivity contribution in [2.75, 3.05) is 4.72 Å². The molecule has 0 aliphatic heterocycles. The number of anilines is 1. The molecule has 0 amide bonds. The van der Waals surface area contributed by atoms with Crippen LogP contribution in [0.3, 0.4) is 0 Å². The van der Waals surface area contributed by atoms with Crippen molar-refractivity contribution in [2.45, 2.75) is 18.4 Å². The maximum Gasteiger partial charge on any atom is 0.264 e. The van der Waals surface area contributed by atoms with Gasteiger partial charge in [-0.15, -0.1) is 0 Å². The van der Waals surface area contributed by atoms with Crippen molar-refractivity contribution >= 4 is 15.7 Å². The Morgan fingerprint density at radius 2 is 1.77 bits per heavy atom. The Morgan fingerprint density at radius 1 is 1.03 bits per heavy atom. The Balaban J connectivity index is 1.42. The molecule has 9 heteroatoms. The van der Waals surface area contributed by atoms with E-state index in [2.05, 4.69) is 14.9 Å². The molecule has 0 aliphatic rings. The van der Waals surface area contributed by atoms with Crippen molar-refractivity contribution in [3.63, 3.8) is 0 Å². The lowest BCUT2D eigenvalue weighted by atomic mass is 10.2. The predicted octanol–water partition coefficient (Wildman–Crippen LogP) is 4.56. The van der Waals surface area contributed by atoms with Gasteiger partial charge in [0.15, 0.2) is 6.61 Å². The van der Waals surface area contributed by atoms with Gasteiger partial charge in [-0.2, -0.15) is 4.98 Å². The van der Waals surface area contributed by atoms with Gasteiger partial charge in [0.2, 0.25) is 5.82 Å². The van der Waals surface area contributed by atoms with Crippen molar-refractivity contribution in [3.8, 4) is 17.1 Å². The highest BCUT2D eigenvalue weighted by atomic mass is 32.2. The summed E-state index contributed by atoms with van der Waals surface area (Å²) in [7, 11) is -3.82. The van der Waals surface area contributed by atoms with Crippen molar-refractivity contribution in [1.82, 2.24) is 10.1 Å². The van der Waals surface area contributed by atoms with E-state index in [0.29, 0.717) is 28.7 Å². The van der Waals surface area contributed by atoms with Crippen LogP contribution in [0.5, 0.6) is 5.75 Å². The number of benzene rings is 3. The number of aryl methyl sites for hydroxylation is 1. The molecule has 0 spiro atoms. The zero-order valence-corrected chi connectivity index (χ0v) is 17.3. The number of sulfonamides is 1. The van der Waals surface area contributed by atoms with Crippen molar-refractivity contribution < 1.29 is 22.1 Å². The van der Waals surface area contributed by atoms with Gasteiger partial charge in [-0.25, -0.2) is 12.8 Å². The van der Waals surface area contributed by atoms with Crippen LogP contribution < -0.4 is 9.46 Å². The highest BCUT2D eigenvalue weighted by Crippen LogP contribution is 2.22. The average molecular weight is 439 g/mol. The molecule has 0 aliphatic carbocycles. The quantitative estimate of drug-likeness (QED) is 0.454. The number of halogens is 1. The second-order valence-electron chi connectivity index (χ2n) is 6.75. The first kappa shape index (κ1) is 20.5. The van der Waals surface area contributed by atoms with E-state index in [4.69, 9.17) is 9.26 Å². The van der Waals surface area contributed by atoms with Crippen LogP contribution in [-0.2, 0) is 16.6 Å². The van der Waals surface area contributed by atoms with Gasteiger partial charge < -0.3 is 9.26 Å². The lowest BCUT2D eigenvalue weighted by Gasteiger charge is -2.08. The Bertz CT molecular complexity index is 1290. The lowest BCUT2D eigenvalue weighted by Crippen LogP contribution is -2.12. The topological polar surface area (TPSA) is 94.3 Å². The van der Waals surface area contributed by atoms with Crippen LogP contribution in [0.4, 0.5) is 10.1 Å². The highest BCUT2D eigenvalue weighted by Gasteiger charge is 2.15. The van der Waals surface area contributed by atoms with Gasteiger partial charge in [-0.05, 0) is 73.2 Å². The zero-order valence-electron chi connectivity index (χ0n) is 16.4. The summed E-state index contributed by atoms with van der Waals surface area (Å²) in [4.78, 5) is 4.27. The summed E-state index contributed by atoms with van der Waals surface area (Å²) < 4.78 is 51.1. The summed E-state index contributed by atoms with van der Waals surface area (Å²) in [5.74, 6) is 0.873. The summed E-state index contributed by atoms with van der Waals surface area (Å²) in [6.07, 6.45) is 0. The molecule has 4 rings (SSSR count). The minimum absolute atomic E-state index is 0.0330. The van der Waals surface area contributed by atoms with Crippen LogP contribution in [0, 0.1) is 12.7 Å².